The molecule has 3 nitrogen and oxygen atoms in total. The van der Waals surface area contributed by atoms with Gasteiger partial charge in [-0.15, -0.1) is 0 Å². The number of benzene rings is 1. The number of hydrazine groups is 1. The van der Waals surface area contributed by atoms with Crippen molar-refractivity contribution in [1.29, 1.82) is 0 Å². The fourth-order valence-electron chi connectivity index (χ4n) is 2.23. The highest BCUT2D eigenvalue weighted by atomic mass is 16.3. The van der Waals surface area contributed by atoms with Crippen molar-refractivity contribution in [3.63, 3.8) is 0 Å². The first kappa shape index (κ1) is 13.8. The maximum absolute atomic E-state index is 5.65. The number of nitrogens with one attached hydrogen (secondary N) is 1. The van der Waals surface area contributed by atoms with E-state index in [9.17, 15) is 0 Å². The number of nitrogens with two attached hydrogens (primary N) is 1. The van der Waals surface area contributed by atoms with Gasteiger partial charge in [0.25, 0.3) is 0 Å². The Morgan fingerprint density at radius 1 is 1.21 bits per heavy atom. The van der Waals surface area contributed by atoms with Crippen molar-refractivity contribution in [3.8, 4) is 0 Å². The standard InChI is InChI=1S/C16H22N2O/c1-12-5-6-14(10-13(12)2)11-15(18-17)7-8-16-4-3-9-19-16/h3-6,9-10,15,18H,7-8,11,17H2,1-2H3. The summed E-state index contributed by atoms with van der Waals surface area (Å²) >= 11 is 0. The average Bonchev–Trinajstić information content (AvgIpc) is 2.92. The van der Waals surface area contributed by atoms with Crippen LogP contribution in [0.2, 0.25) is 0 Å². The van der Waals surface area contributed by atoms with Crippen LogP contribution in [0.4, 0.5) is 0 Å². The highest BCUT2D eigenvalue weighted by Gasteiger charge is 2.09. The summed E-state index contributed by atoms with van der Waals surface area (Å²) in [7, 11) is 0. The van der Waals surface area contributed by atoms with Crippen molar-refractivity contribution in [2.24, 2.45) is 5.84 Å². The van der Waals surface area contributed by atoms with E-state index in [0.717, 1.165) is 25.0 Å². The summed E-state index contributed by atoms with van der Waals surface area (Å²) < 4.78 is 5.34. The largest absolute Gasteiger partial charge is 0.469 e. The lowest BCUT2D eigenvalue weighted by Crippen LogP contribution is -2.37. The Labute approximate surface area is 114 Å². The van der Waals surface area contributed by atoms with Crippen molar-refractivity contribution < 1.29 is 4.42 Å². The highest BCUT2D eigenvalue weighted by Crippen LogP contribution is 2.14. The molecule has 0 fully saturated rings. The zero-order chi connectivity index (χ0) is 13.7. The van der Waals surface area contributed by atoms with Crippen LogP contribution in [0.15, 0.2) is 41.0 Å². The molecule has 1 atom stereocenters. The number of aryl methyl sites for hydroxylation is 3. The molecule has 0 bridgehead atoms. The summed E-state index contributed by atoms with van der Waals surface area (Å²) in [5, 5.41) is 0. The Hall–Kier alpha value is -1.58. The van der Waals surface area contributed by atoms with Crippen molar-refractivity contribution in [2.75, 3.05) is 0 Å². The lowest BCUT2D eigenvalue weighted by atomic mass is 9.98. The Morgan fingerprint density at radius 3 is 2.68 bits per heavy atom. The number of hydrogen-bond donors (Lipinski definition) is 2. The van der Waals surface area contributed by atoms with Gasteiger partial charge in [-0.1, -0.05) is 18.2 Å². The molecular formula is C16H22N2O. The third-order valence-electron chi connectivity index (χ3n) is 3.61. The van der Waals surface area contributed by atoms with Crippen LogP contribution in [0.5, 0.6) is 0 Å². The molecule has 0 saturated carbocycles. The van der Waals surface area contributed by atoms with Gasteiger partial charge in [0.05, 0.1) is 6.26 Å². The van der Waals surface area contributed by atoms with Crippen molar-refractivity contribution in [2.45, 2.75) is 39.2 Å². The van der Waals surface area contributed by atoms with Gasteiger partial charge in [0.2, 0.25) is 0 Å². The van der Waals surface area contributed by atoms with Crippen molar-refractivity contribution >= 4 is 0 Å². The van der Waals surface area contributed by atoms with E-state index in [4.69, 9.17) is 10.3 Å². The van der Waals surface area contributed by atoms with E-state index < -0.39 is 0 Å². The summed E-state index contributed by atoms with van der Waals surface area (Å²) in [5.74, 6) is 6.66. The number of hydrogen-bond acceptors (Lipinski definition) is 3. The summed E-state index contributed by atoms with van der Waals surface area (Å²) in [6.45, 7) is 4.28. The summed E-state index contributed by atoms with van der Waals surface area (Å²) in [5.41, 5.74) is 6.89. The fourth-order valence-corrected chi connectivity index (χ4v) is 2.23. The van der Waals surface area contributed by atoms with Gasteiger partial charge in [0.15, 0.2) is 0 Å². The minimum absolute atomic E-state index is 0.271. The summed E-state index contributed by atoms with van der Waals surface area (Å²) in [4.78, 5) is 0. The summed E-state index contributed by atoms with van der Waals surface area (Å²) in [6.07, 6.45) is 4.53. The van der Waals surface area contributed by atoms with E-state index in [1.807, 2.05) is 12.1 Å². The molecule has 0 aliphatic carbocycles. The Morgan fingerprint density at radius 2 is 2.05 bits per heavy atom. The fraction of sp³-hybridized carbons (Fsp3) is 0.375. The summed E-state index contributed by atoms with van der Waals surface area (Å²) in [6, 6.07) is 10.8. The third kappa shape index (κ3) is 3.94. The van der Waals surface area contributed by atoms with Gasteiger partial charge in [-0.2, -0.15) is 0 Å². The van der Waals surface area contributed by atoms with Crippen LogP contribution >= 0.6 is 0 Å². The molecular weight excluding hydrogens is 236 g/mol. The minimum atomic E-state index is 0.271. The Kier molecular flexibility index (Phi) is 4.77. The molecule has 0 aliphatic heterocycles. The Balaban J connectivity index is 1.92. The van der Waals surface area contributed by atoms with Gasteiger partial charge in [0.1, 0.15) is 5.76 Å². The molecule has 1 heterocycles. The van der Waals surface area contributed by atoms with Crippen LogP contribution in [-0.2, 0) is 12.8 Å². The van der Waals surface area contributed by atoms with Crippen LogP contribution in [0.3, 0.4) is 0 Å². The first-order chi connectivity index (χ1) is 9.19. The number of furan rings is 1. The van der Waals surface area contributed by atoms with E-state index in [0.29, 0.717) is 0 Å². The monoisotopic (exact) mass is 258 g/mol. The smallest absolute Gasteiger partial charge is 0.103 e. The van der Waals surface area contributed by atoms with Gasteiger partial charge in [-0.05, 0) is 55.5 Å². The molecule has 0 spiro atoms. The van der Waals surface area contributed by atoms with Crippen LogP contribution in [0, 0.1) is 13.8 Å². The van der Waals surface area contributed by atoms with E-state index >= 15 is 0 Å². The van der Waals surface area contributed by atoms with Crippen molar-refractivity contribution in [1.82, 2.24) is 5.43 Å². The lowest BCUT2D eigenvalue weighted by molar-refractivity contribution is 0.447. The molecule has 2 rings (SSSR count). The van der Waals surface area contributed by atoms with Crippen LogP contribution in [0.25, 0.3) is 0 Å². The van der Waals surface area contributed by atoms with Gasteiger partial charge in [-0.25, -0.2) is 0 Å². The normalized spacial score (nSPS) is 12.6. The van der Waals surface area contributed by atoms with E-state index in [1.165, 1.54) is 16.7 Å². The van der Waals surface area contributed by atoms with Gasteiger partial charge < -0.3 is 4.42 Å². The predicted octanol–water partition coefficient (Wildman–Crippen LogP) is 2.90. The second-order valence-corrected chi connectivity index (χ2v) is 5.10. The van der Waals surface area contributed by atoms with Crippen molar-refractivity contribution in [3.05, 3.63) is 59.0 Å². The molecule has 102 valence electrons. The molecule has 1 aromatic heterocycles. The molecule has 0 amide bonds. The second-order valence-electron chi connectivity index (χ2n) is 5.10. The van der Waals surface area contributed by atoms with Crippen LogP contribution in [0.1, 0.15) is 28.9 Å². The first-order valence-corrected chi connectivity index (χ1v) is 6.73. The maximum Gasteiger partial charge on any atom is 0.103 e. The van der Waals surface area contributed by atoms with Gasteiger partial charge in [0, 0.05) is 12.5 Å². The second kappa shape index (κ2) is 6.55. The number of rotatable bonds is 6. The molecule has 19 heavy (non-hydrogen) atoms. The molecule has 3 heteroatoms. The van der Waals surface area contributed by atoms with Gasteiger partial charge >= 0.3 is 0 Å². The van der Waals surface area contributed by atoms with Crippen LogP contribution < -0.4 is 11.3 Å². The molecule has 3 N–H and O–H groups in total. The molecule has 1 aromatic carbocycles. The SMILES string of the molecule is Cc1ccc(CC(CCc2ccco2)NN)cc1C. The van der Waals surface area contributed by atoms with E-state index in [1.54, 1.807) is 6.26 Å². The lowest BCUT2D eigenvalue weighted by Gasteiger charge is -2.16. The highest BCUT2D eigenvalue weighted by molar-refractivity contribution is 5.30. The van der Waals surface area contributed by atoms with Gasteiger partial charge in [-0.3, -0.25) is 11.3 Å². The Bertz CT molecular complexity index is 505. The molecule has 1 unspecified atom stereocenters. The minimum Gasteiger partial charge on any atom is -0.469 e. The molecule has 2 aromatic rings. The molecule has 0 saturated heterocycles. The third-order valence-corrected chi connectivity index (χ3v) is 3.61. The van der Waals surface area contributed by atoms with Crippen LogP contribution in [-0.4, -0.2) is 6.04 Å². The molecule has 0 radical (unpaired) electrons. The zero-order valence-electron chi connectivity index (χ0n) is 11.6. The first-order valence-electron chi connectivity index (χ1n) is 6.73. The maximum atomic E-state index is 5.65. The molecule has 0 aliphatic rings. The van der Waals surface area contributed by atoms with E-state index in [-0.39, 0.29) is 6.04 Å². The van der Waals surface area contributed by atoms with E-state index in [2.05, 4.69) is 37.5 Å². The quantitative estimate of drug-likeness (QED) is 0.619. The average molecular weight is 258 g/mol. The zero-order valence-corrected chi connectivity index (χ0v) is 11.6. The topological polar surface area (TPSA) is 51.2 Å². The predicted molar refractivity (Wildman–Crippen MR) is 77.8 cm³/mol.